The van der Waals surface area contributed by atoms with E-state index >= 15 is 0 Å². The second-order valence-corrected chi connectivity index (χ2v) is 5.85. The minimum Gasteiger partial charge on any atom is -0.327 e. The number of aromatic nitrogens is 2. The monoisotopic (exact) mass is 332 g/mol. The zero-order chi connectivity index (χ0) is 17.9. The molecule has 24 heavy (non-hydrogen) atoms. The van der Waals surface area contributed by atoms with Crippen LogP contribution in [0.3, 0.4) is 0 Å². The number of nitrogens with one attached hydrogen (secondary N) is 1. The van der Waals surface area contributed by atoms with Gasteiger partial charge in [0.15, 0.2) is 0 Å². The largest absolute Gasteiger partial charge is 0.327 e. The quantitative estimate of drug-likeness (QED) is 0.914. The molecular formula is C17H21FN4O2. The van der Waals surface area contributed by atoms with Crippen LogP contribution in [0.1, 0.15) is 29.9 Å². The lowest BCUT2D eigenvalue weighted by Crippen LogP contribution is -2.42. The summed E-state index contributed by atoms with van der Waals surface area (Å²) >= 11 is 0. The van der Waals surface area contributed by atoms with E-state index in [0.717, 1.165) is 5.69 Å². The summed E-state index contributed by atoms with van der Waals surface area (Å²) in [5.41, 5.74) is 1.69. The minimum absolute atomic E-state index is 0.0950. The van der Waals surface area contributed by atoms with E-state index in [-0.39, 0.29) is 30.2 Å². The summed E-state index contributed by atoms with van der Waals surface area (Å²) in [5, 5.41) is 6.73. The van der Waals surface area contributed by atoms with E-state index in [2.05, 4.69) is 10.4 Å². The number of halogens is 1. The summed E-state index contributed by atoms with van der Waals surface area (Å²) in [5.74, 6) is -0.964. The predicted octanol–water partition coefficient (Wildman–Crippen LogP) is 2.36. The third-order valence-electron chi connectivity index (χ3n) is 3.79. The van der Waals surface area contributed by atoms with Gasteiger partial charge in [-0.2, -0.15) is 5.10 Å². The molecule has 0 bridgehead atoms. The third kappa shape index (κ3) is 3.98. The maximum Gasteiger partial charge on any atom is 0.258 e. The van der Waals surface area contributed by atoms with Gasteiger partial charge in [-0.3, -0.25) is 14.3 Å². The highest BCUT2D eigenvalue weighted by Gasteiger charge is 2.24. The average Bonchev–Trinajstić information content (AvgIpc) is 2.86. The van der Waals surface area contributed by atoms with Gasteiger partial charge in [0.2, 0.25) is 5.91 Å². The number of aryl methyl sites for hydroxylation is 1. The average molecular weight is 332 g/mol. The topological polar surface area (TPSA) is 67.2 Å². The van der Waals surface area contributed by atoms with Crippen molar-refractivity contribution in [1.82, 2.24) is 14.7 Å². The van der Waals surface area contributed by atoms with Crippen molar-refractivity contribution in [3.8, 4) is 0 Å². The first-order valence-electron chi connectivity index (χ1n) is 7.64. The molecule has 1 aromatic carbocycles. The van der Waals surface area contributed by atoms with Gasteiger partial charge in [0.25, 0.3) is 5.91 Å². The Morgan fingerprint density at radius 1 is 1.29 bits per heavy atom. The van der Waals surface area contributed by atoms with E-state index in [1.165, 1.54) is 35.4 Å². The van der Waals surface area contributed by atoms with Crippen molar-refractivity contribution in [3.63, 3.8) is 0 Å². The number of hydrogen-bond donors (Lipinski definition) is 1. The SMILES string of the molecule is Cc1c(C(=O)N(CC(=O)Nc2ccc(F)cc2)C(C)C)cnn1C. The number of rotatable bonds is 5. The fraction of sp³-hybridized carbons (Fsp3) is 0.353. The number of benzene rings is 1. The van der Waals surface area contributed by atoms with E-state index < -0.39 is 0 Å². The van der Waals surface area contributed by atoms with Crippen molar-refractivity contribution in [2.24, 2.45) is 7.05 Å². The molecule has 7 heteroatoms. The Hall–Kier alpha value is -2.70. The second-order valence-electron chi connectivity index (χ2n) is 5.85. The van der Waals surface area contributed by atoms with Crippen LogP contribution in [0.4, 0.5) is 10.1 Å². The van der Waals surface area contributed by atoms with Crippen molar-refractivity contribution >= 4 is 17.5 Å². The molecule has 2 aromatic rings. The normalized spacial score (nSPS) is 10.8. The van der Waals surface area contributed by atoms with Crippen molar-refractivity contribution in [2.45, 2.75) is 26.8 Å². The standard InChI is InChI=1S/C17H21FN4O2/c1-11(2)22(17(24)15-9-19-21(4)12(15)3)10-16(23)20-14-7-5-13(18)6-8-14/h5-9,11H,10H2,1-4H3,(H,20,23). The molecule has 1 heterocycles. The number of anilines is 1. The van der Waals surface area contributed by atoms with Crippen molar-refractivity contribution in [3.05, 3.63) is 47.5 Å². The van der Waals surface area contributed by atoms with Gasteiger partial charge >= 0.3 is 0 Å². The molecule has 2 amide bonds. The molecular weight excluding hydrogens is 311 g/mol. The Morgan fingerprint density at radius 2 is 1.92 bits per heavy atom. The van der Waals surface area contributed by atoms with E-state index in [1.807, 2.05) is 13.8 Å². The summed E-state index contributed by atoms with van der Waals surface area (Å²) in [6.07, 6.45) is 1.50. The molecule has 0 aliphatic carbocycles. The Balaban J connectivity index is 2.10. The van der Waals surface area contributed by atoms with Crippen LogP contribution in [-0.2, 0) is 11.8 Å². The smallest absolute Gasteiger partial charge is 0.258 e. The molecule has 0 aliphatic heterocycles. The number of carbonyl (C=O) groups is 2. The van der Waals surface area contributed by atoms with Crippen molar-refractivity contribution in [2.75, 3.05) is 11.9 Å². The first kappa shape index (κ1) is 17.7. The predicted molar refractivity (Wildman–Crippen MR) is 89.1 cm³/mol. The highest BCUT2D eigenvalue weighted by molar-refractivity contribution is 6.00. The fourth-order valence-corrected chi connectivity index (χ4v) is 2.24. The van der Waals surface area contributed by atoms with Crippen LogP contribution in [0.15, 0.2) is 30.5 Å². The zero-order valence-corrected chi connectivity index (χ0v) is 14.2. The number of carbonyl (C=O) groups excluding carboxylic acids is 2. The summed E-state index contributed by atoms with van der Waals surface area (Å²) in [7, 11) is 1.76. The Bertz CT molecular complexity index is 738. The first-order valence-corrected chi connectivity index (χ1v) is 7.64. The van der Waals surface area contributed by atoms with Crippen LogP contribution in [0.2, 0.25) is 0 Å². The van der Waals surface area contributed by atoms with E-state index in [0.29, 0.717) is 11.3 Å². The minimum atomic E-state index is -0.376. The zero-order valence-electron chi connectivity index (χ0n) is 14.2. The van der Waals surface area contributed by atoms with Gasteiger partial charge in [-0.25, -0.2) is 4.39 Å². The van der Waals surface area contributed by atoms with Crippen LogP contribution >= 0.6 is 0 Å². The van der Waals surface area contributed by atoms with E-state index in [4.69, 9.17) is 0 Å². The molecule has 2 rings (SSSR count). The Labute approximate surface area is 140 Å². The van der Waals surface area contributed by atoms with E-state index in [1.54, 1.807) is 18.7 Å². The van der Waals surface area contributed by atoms with Gasteiger partial charge in [0.1, 0.15) is 12.4 Å². The molecule has 0 radical (unpaired) electrons. The lowest BCUT2D eigenvalue weighted by molar-refractivity contribution is -0.117. The molecule has 0 aliphatic rings. The first-order chi connectivity index (χ1) is 11.3. The van der Waals surface area contributed by atoms with Gasteiger partial charge in [0, 0.05) is 24.5 Å². The second kappa shape index (κ2) is 7.25. The summed E-state index contributed by atoms with van der Waals surface area (Å²) in [6.45, 7) is 5.39. The number of amides is 2. The van der Waals surface area contributed by atoms with Crippen LogP contribution in [-0.4, -0.2) is 39.1 Å². The molecule has 6 nitrogen and oxygen atoms in total. The maximum atomic E-state index is 12.9. The number of nitrogens with zero attached hydrogens (tertiary/aromatic N) is 3. The molecule has 1 N–H and O–H groups in total. The van der Waals surface area contributed by atoms with Crippen molar-refractivity contribution < 1.29 is 14.0 Å². The van der Waals surface area contributed by atoms with Crippen LogP contribution < -0.4 is 5.32 Å². The van der Waals surface area contributed by atoms with Gasteiger partial charge in [0.05, 0.1) is 11.8 Å². The van der Waals surface area contributed by atoms with E-state index in [9.17, 15) is 14.0 Å². The summed E-state index contributed by atoms with van der Waals surface area (Å²) in [6, 6.07) is 5.32. The van der Waals surface area contributed by atoms with Gasteiger partial charge in [-0.15, -0.1) is 0 Å². The van der Waals surface area contributed by atoms with Crippen LogP contribution in [0.5, 0.6) is 0 Å². The molecule has 1 aromatic heterocycles. The van der Waals surface area contributed by atoms with Crippen LogP contribution in [0, 0.1) is 12.7 Å². The van der Waals surface area contributed by atoms with Crippen LogP contribution in [0.25, 0.3) is 0 Å². The van der Waals surface area contributed by atoms with Gasteiger partial charge in [-0.1, -0.05) is 0 Å². The van der Waals surface area contributed by atoms with Gasteiger partial charge < -0.3 is 10.2 Å². The molecule has 0 unspecified atom stereocenters. The highest BCUT2D eigenvalue weighted by atomic mass is 19.1. The Kier molecular flexibility index (Phi) is 5.33. The molecule has 0 saturated carbocycles. The third-order valence-corrected chi connectivity index (χ3v) is 3.79. The molecule has 0 atom stereocenters. The lowest BCUT2D eigenvalue weighted by Gasteiger charge is -2.26. The summed E-state index contributed by atoms with van der Waals surface area (Å²) in [4.78, 5) is 26.4. The molecule has 0 spiro atoms. The Morgan fingerprint density at radius 3 is 2.42 bits per heavy atom. The lowest BCUT2D eigenvalue weighted by atomic mass is 10.2. The number of hydrogen-bond acceptors (Lipinski definition) is 3. The molecule has 0 saturated heterocycles. The molecule has 128 valence electrons. The highest BCUT2D eigenvalue weighted by Crippen LogP contribution is 2.13. The fourth-order valence-electron chi connectivity index (χ4n) is 2.24. The summed E-state index contributed by atoms with van der Waals surface area (Å²) < 4.78 is 14.5. The maximum absolute atomic E-state index is 12.9. The van der Waals surface area contributed by atoms with Gasteiger partial charge in [-0.05, 0) is 45.0 Å². The molecule has 0 fully saturated rings. The van der Waals surface area contributed by atoms with Crippen molar-refractivity contribution in [1.29, 1.82) is 0 Å².